The fraction of sp³-hybridized carbons (Fsp3) is 0.625. The smallest absolute Gasteiger partial charge is 0.243 e. The molecule has 1 fully saturated rings. The molecular formula is C8H14N2O2. The molecule has 1 aliphatic rings. The molecule has 0 bridgehead atoms. The monoisotopic (exact) mass is 170 g/mol. The maximum absolute atomic E-state index is 10.8. The van der Waals surface area contributed by atoms with Gasteiger partial charge in [-0.05, 0) is 6.08 Å². The van der Waals surface area contributed by atoms with Crippen LogP contribution in [0.2, 0.25) is 0 Å². The molecule has 68 valence electrons. The number of ether oxygens (including phenoxy) is 1. The van der Waals surface area contributed by atoms with E-state index in [-0.39, 0.29) is 11.9 Å². The first-order chi connectivity index (χ1) is 5.83. The third-order valence-corrected chi connectivity index (χ3v) is 1.71. The Hall–Kier alpha value is -0.870. The molecule has 0 aliphatic carbocycles. The minimum atomic E-state index is -0.137. The molecule has 12 heavy (non-hydrogen) atoms. The van der Waals surface area contributed by atoms with Gasteiger partial charge in [-0.15, -0.1) is 0 Å². The predicted octanol–water partition coefficient (Wildman–Crippen LogP) is -0.723. The van der Waals surface area contributed by atoms with Gasteiger partial charge in [0.2, 0.25) is 5.91 Å². The van der Waals surface area contributed by atoms with Gasteiger partial charge in [-0.25, -0.2) is 0 Å². The highest BCUT2D eigenvalue weighted by molar-refractivity contribution is 5.86. The number of carbonyl (C=O) groups is 1. The van der Waals surface area contributed by atoms with Crippen LogP contribution in [0.3, 0.4) is 0 Å². The molecule has 1 rings (SSSR count). The van der Waals surface area contributed by atoms with Gasteiger partial charge in [0.1, 0.15) is 0 Å². The Morgan fingerprint density at radius 1 is 1.83 bits per heavy atom. The quantitative estimate of drug-likeness (QED) is 0.549. The van der Waals surface area contributed by atoms with Crippen LogP contribution in [-0.4, -0.2) is 38.3 Å². The summed E-state index contributed by atoms with van der Waals surface area (Å²) in [7, 11) is 0. The summed E-state index contributed by atoms with van der Waals surface area (Å²) in [4.78, 5) is 10.8. The van der Waals surface area contributed by atoms with Crippen molar-refractivity contribution >= 4 is 5.91 Å². The molecule has 1 heterocycles. The van der Waals surface area contributed by atoms with Crippen molar-refractivity contribution < 1.29 is 9.53 Å². The summed E-state index contributed by atoms with van der Waals surface area (Å²) in [5, 5.41) is 5.93. The van der Waals surface area contributed by atoms with Gasteiger partial charge in [-0.3, -0.25) is 4.79 Å². The maximum atomic E-state index is 10.8. The third-order valence-electron chi connectivity index (χ3n) is 1.71. The fourth-order valence-electron chi connectivity index (χ4n) is 1.05. The zero-order valence-corrected chi connectivity index (χ0v) is 7.01. The molecule has 4 heteroatoms. The molecule has 4 nitrogen and oxygen atoms in total. The summed E-state index contributed by atoms with van der Waals surface area (Å²) in [6, 6.07) is 0.239. The molecule has 0 radical (unpaired) electrons. The van der Waals surface area contributed by atoms with Crippen molar-refractivity contribution in [2.45, 2.75) is 6.04 Å². The Morgan fingerprint density at radius 3 is 3.25 bits per heavy atom. The molecule has 1 atom stereocenters. The van der Waals surface area contributed by atoms with E-state index in [1.54, 1.807) is 0 Å². The van der Waals surface area contributed by atoms with Gasteiger partial charge >= 0.3 is 0 Å². The lowest BCUT2D eigenvalue weighted by Gasteiger charge is -2.23. The summed E-state index contributed by atoms with van der Waals surface area (Å²) in [6.45, 7) is 6.24. The van der Waals surface area contributed by atoms with E-state index in [2.05, 4.69) is 17.2 Å². The van der Waals surface area contributed by atoms with Crippen LogP contribution in [0, 0.1) is 0 Å². The summed E-state index contributed by atoms with van der Waals surface area (Å²) < 4.78 is 5.21. The van der Waals surface area contributed by atoms with Crippen LogP contribution in [0.5, 0.6) is 0 Å². The van der Waals surface area contributed by atoms with Crippen molar-refractivity contribution in [3.63, 3.8) is 0 Å². The van der Waals surface area contributed by atoms with Crippen LogP contribution < -0.4 is 10.6 Å². The van der Waals surface area contributed by atoms with Gasteiger partial charge in [0.15, 0.2) is 0 Å². The third kappa shape index (κ3) is 3.02. The van der Waals surface area contributed by atoms with Crippen molar-refractivity contribution in [1.82, 2.24) is 10.6 Å². The molecule has 0 aromatic carbocycles. The second-order valence-electron chi connectivity index (χ2n) is 2.68. The lowest BCUT2D eigenvalue weighted by atomic mass is 10.3. The first-order valence-electron chi connectivity index (χ1n) is 4.04. The minimum absolute atomic E-state index is 0.137. The van der Waals surface area contributed by atoms with E-state index < -0.39 is 0 Å². The number of rotatable bonds is 3. The minimum Gasteiger partial charge on any atom is -0.378 e. The second-order valence-corrected chi connectivity index (χ2v) is 2.68. The highest BCUT2D eigenvalue weighted by Gasteiger charge is 2.12. The van der Waals surface area contributed by atoms with Crippen molar-refractivity contribution in [3.8, 4) is 0 Å². The first-order valence-corrected chi connectivity index (χ1v) is 4.04. The molecule has 2 N–H and O–H groups in total. The number of hydrogen-bond acceptors (Lipinski definition) is 3. The van der Waals surface area contributed by atoms with Crippen LogP contribution in [0.1, 0.15) is 0 Å². The molecule has 1 saturated heterocycles. The first kappa shape index (κ1) is 9.22. The van der Waals surface area contributed by atoms with E-state index in [0.717, 1.165) is 13.2 Å². The van der Waals surface area contributed by atoms with E-state index >= 15 is 0 Å². The van der Waals surface area contributed by atoms with E-state index in [9.17, 15) is 4.79 Å². The molecule has 1 amide bonds. The van der Waals surface area contributed by atoms with Gasteiger partial charge in [-0.1, -0.05) is 6.58 Å². The molecule has 1 aliphatic heterocycles. The number of morpholine rings is 1. The van der Waals surface area contributed by atoms with Crippen molar-refractivity contribution in [2.75, 3.05) is 26.3 Å². The van der Waals surface area contributed by atoms with Crippen molar-refractivity contribution in [3.05, 3.63) is 12.7 Å². The van der Waals surface area contributed by atoms with Gasteiger partial charge in [-0.2, -0.15) is 0 Å². The maximum Gasteiger partial charge on any atom is 0.243 e. The normalized spacial score (nSPS) is 23.2. The van der Waals surface area contributed by atoms with Crippen LogP contribution in [0.4, 0.5) is 0 Å². The fourth-order valence-corrected chi connectivity index (χ4v) is 1.05. The Morgan fingerprint density at radius 2 is 2.67 bits per heavy atom. The van der Waals surface area contributed by atoms with E-state index in [1.165, 1.54) is 6.08 Å². The Balaban J connectivity index is 2.12. The van der Waals surface area contributed by atoms with Gasteiger partial charge < -0.3 is 15.4 Å². The standard InChI is InChI=1S/C8H14N2O2/c1-2-8(11)10-5-7-6-12-4-3-9-7/h2,7,9H,1,3-6H2,(H,10,11). The largest absolute Gasteiger partial charge is 0.378 e. The summed E-state index contributed by atoms with van der Waals surface area (Å²) in [5.41, 5.74) is 0. The lowest BCUT2D eigenvalue weighted by Crippen LogP contribution is -2.48. The van der Waals surface area contributed by atoms with Crippen molar-refractivity contribution in [2.24, 2.45) is 0 Å². The molecule has 0 saturated carbocycles. The zero-order valence-electron chi connectivity index (χ0n) is 7.01. The van der Waals surface area contributed by atoms with E-state index in [4.69, 9.17) is 4.74 Å². The summed E-state index contributed by atoms with van der Waals surface area (Å²) in [5.74, 6) is -0.137. The number of hydrogen-bond donors (Lipinski definition) is 2. The molecule has 1 unspecified atom stereocenters. The van der Waals surface area contributed by atoms with Gasteiger partial charge in [0.05, 0.1) is 13.2 Å². The highest BCUT2D eigenvalue weighted by Crippen LogP contribution is 1.90. The van der Waals surface area contributed by atoms with Crippen molar-refractivity contribution in [1.29, 1.82) is 0 Å². The Kier molecular flexibility index (Phi) is 3.76. The second kappa shape index (κ2) is 4.90. The van der Waals surface area contributed by atoms with E-state index in [1.807, 2.05) is 0 Å². The number of carbonyl (C=O) groups excluding carboxylic acids is 1. The van der Waals surface area contributed by atoms with Crippen LogP contribution >= 0.6 is 0 Å². The van der Waals surface area contributed by atoms with Gasteiger partial charge in [0.25, 0.3) is 0 Å². The molecular weight excluding hydrogens is 156 g/mol. The van der Waals surface area contributed by atoms with E-state index in [0.29, 0.717) is 13.2 Å². The van der Waals surface area contributed by atoms with Crippen LogP contribution in [0.25, 0.3) is 0 Å². The SMILES string of the molecule is C=CC(=O)NCC1COCCN1. The molecule has 0 spiro atoms. The predicted molar refractivity (Wildman–Crippen MR) is 45.8 cm³/mol. The topological polar surface area (TPSA) is 50.4 Å². The highest BCUT2D eigenvalue weighted by atomic mass is 16.5. The zero-order chi connectivity index (χ0) is 8.81. The lowest BCUT2D eigenvalue weighted by molar-refractivity contribution is -0.116. The van der Waals surface area contributed by atoms with Crippen LogP contribution in [-0.2, 0) is 9.53 Å². The molecule has 0 aromatic heterocycles. The number of amides is 1. The Labute approximate surface area is 72.0 Å². The Bertz CT molecular complexity index is 164. The molecule has 0 aromatic rings. The van der Waals surface area contributed by atoms with Crippen LogP contribution in [0.15, 0.2) is 12.7 Å². The average Bonchev–Trinajstić information content (AvgIpc) is 2.16. The number of nitrogens with one attached hydrogen (secondary N) is 2. The van der Waals surface area contributed by atoms with Gasteiger partial charge in [0, 0.05) is 19.1 Å². The average molecular weight is 170 g/mol. The summed E-state index contributed by atoms with van der Waals surface area (Å²) in [6.07, 6.45) is 1.27. The summed E-state index contributed by atoms with van der Waals surface area (Å²) >= 11 is 0.